The van der Waals surface area contributed by atoms with Crippen LogP contribution in [0.4, 0.5) is 5.82 Å². The summed E-state index contributed by atoms with van der Waals surface area (Å²) in [6, 6.07) is 0. The second-order valence-electron chi connectivity index (χ2n) is 4.93. The molecular formula is C13H19N3O2. The quantitative estimate of drug-likeness (QED) is 0.884. The molecule has 2 rings (SSSR count). The maximum atomic E-state index is 10.7. The minimum absolute atomic E-state index is 0.284. The molecule has 98 valence electrons. The standard InChI is InChI=1S/C13H19N3O2/c1-9-10(2)15-12(8-14-9)16-5-3-11(4-6-16)7-13(17)18/h8,11H,3-7H2,1-2H3,(H,17,18). The van der Waals surface area contributed by atoms with Gasteiger partial charge < -0.3 is 10.0 Å². The van der Waals surface area contributed by atoms with Crippen molar-refractivity contribution in [1.82, 2.24) is 9.97 Å². The molecular weight excluding hydrogens is 230 g/mol. The molecule has 5 nitrogen and oxygen atoms in total. The highest BCUT2D eigenvalue weighted by Gasteiger charge is 2.22. The lowest BCUT2D eigenvalue weighted by molar-refractivity contribution is -0.138. The predicted octanol–water partition coefficient (Wildman–Crippen LogP) is 1.78. The van der Waals surface area contributed by atoms with Crippen LogP contribution in [-0.2, 0) is 4.79 Å². The first-order chi connectivity index (χ1) is 8.56. The molecule has 1 N–H and O–H groups in total. The molecule has 0 bridgehead atoms. The molecule has 5 heteroatoms. The Morgan fingerprint density at radius 1 is 1.39 bits per heavy atom. The van der Waals surface area contributed by atoms with Gasteiger partial charge in [0.1, 0.15) is 5.82 Å². The van der Waals surface area contributed by atoms with Crippen LogP contribution < -0.4 is 4.90 Å². The fourth-order valence-corrected chi connectivity index (χ4v) is 2.30. The highest BCUT2D eigenvalue weighted by molar-refractivity contribution is 5.67. The molecule has 0 radical (unpaired) electrons. The van der Waals surface area contributed by atoms with Crippen LogP contribution in [-0.4, -0.2) is 34.1 Å². The number of carbonyl (C=O) groups is 1. The molecule has 0 aromatic carbocycles. The maximum absolute atomic E-state index is 10.7. The van der Waals surface area contributed by atoms with Crippen molar-refractivity contribution in [2.75, 3.05) is 18.0 Å². The van der Waals surface area contributed by atoms with Crippen molar-refractivity contribution in [3.63, 3.8) is 0 Å². The molecule has 1 aliphatic rings. The van der Waals surface area contributed by atoms with Crippen molar-refractivity contribution in [1.29, 1.82) is 0 Å². The summed E-state index contributed by atoms with van der Waals surface area (Å²) in [6.07, 6.45) is 3.92. The van der Waals surface area contributed by atoms with Crippen LogP contribution in [0.25, 0.3) is 0 Å². The number of anilines is 1. The number of piperidine rings is 1. The van der Waals surface area contributed by atoms with Crippen LogP contribution in [0.2, 0.25) is 0 Å². The zero-order valence-electron chi connectivity index (χ0n) is 10.9. The number of carboxylic acids is 1. The number of rotatable bonds is 3. The average Bonchev–Trinajstić information content (AvgIpc) is 2.33. The van der Waals surface area contributed by atoms with E-state index in [0.717, 1.165) is 43.1 Å². The predicted molar refractivity (Wildman–Crippen MR) is 68.7 cm³/mol. The van der Waals surface area contributed by atoms with Crippen molar-refractivity contribution in [3.05, 3.63) is 17.6 Å². The fraction of sp³-hybridized carbons (Fsp3) is 0.615. The van der Waals surface area contributed by atoms with E-state index in [2.05, 4.69) is 14.9 Å². The van der Waals surface area contributed by atoms with Gasteiger partial charge in [-0.2, -0.15) is 0 Å². The summed E-state index contributed by atoms with van der Waals surface area (Å²) in [4.78, 5) is 21.7. The molecule has 2 heterocycles. The van der Waals surface area contributed by atoms with E-state index in [1.54, 1.807) is 6.20 Å². The van der Waals surface area contributed by atoms with E-state index in [4.69, 9.17) is 5.11 Å². The van der Waals surface area contributed by atoms with E-state index in [1.165, 1.54) is 0 Å². The van der Waals surface area contributed by atoms with Gasteiger partial charge in [-0.05, 0) is 32.6 Å². The van der Waals surface area contributed by atoms with Gasteiger partial charge in [-0.25, -0.2) is 4.98 Å². The molecule has 18 heavy (non-hydrogen) atoms. The van der Waals surface area contributed by atoms with Crippen molar-refractivity contribution >= 4 is 11.8 Å². The first-order valence-electron chi connectivity index (χ1n) is 6.33. The summed E-state index contributed by atoms with van der Waals surface area (Å²) in [7, 11) is 0. The van der Waals surface area contributed by atoms with Gasteiger partial charge >= 0.3 is 5.97 Å². The number of carboxylic acid groups (broad SMARTS) is 1. The number of hydrogen-bond acceptors (Lipinski definition) is 4. The van der Waals surface area contributed by atoms with Gasteiger partial charge in [-0.15, -0.1) is 0 Å². The summed E-state index contributed by atoms with van der Waals surface area (Å²) in [5, 5.41) is 8.78. The monoisotopic (exact) mass is 249 g/mol. The van der Waals surface area contributed by atoms with E-state index >= 15 is 0 Å². The van der Waals surface area contributed by atoms with Crippen LogP contribution in [0.5, 0.6) is 0 Å². The molecule has 1 saturated heterocycles. The van der Waals surface area contributed by atoms with Crippen LogP contribution >= 0.6 is 0 Å². The Balaban J connectivity index is 1.96. The lowest BCUT2D eigenvalue weighted by Gasteiger charge is -2.32. The molecule has 0 spiro atoms. The minimum atomic E-state index is -0.695. The van der Waals surface area contributed by atoms with E-state index in [1.807, 2.05) is 13.8 Å². The van der Waals surface area contributed by atoms with Crippen molar-refractivity contribution in [3.8, 4) is 0 Å². The Labute approximate surface area is 107 Å². The summed E-state index contributed by atoms with van der Waals surface area (Å²) in [5.74, 6) is 0.518. The molecule has 0 amide bonds. The molecule has 0 atom stereocenters. The zero-order valence-corrected chi connectivity index (χ0v) is 10.9. The third-order valence-electron chi connectivity index (χ3n) is 3.58. The number of aliphatic carboxylic acids is 1. The largest absolute Gasteiger partial charge is 0.481 e. The fourth-order valence-electron chi connectivity index (χ4n) is 2.30. The molecule has 1 aromatic rings. The Kier molecular flexibility index (Phi) is 3.79. The second kappa shape index (κ2) is 5.33. The normalized spacial score (nSPS) is 16.9. The van der Waals surface area contributed by atoms with E-state index in [9.17, 15) is 4.79 Å². The van der Waals surface area contributed by atoms with E-state index < -0.39 is 5.97 Å². The topological polar surface area (TPSA) is 66.3 Å². The van der Waals surface area contributed by atoms with Crippen LogP contribution in [0.15, 0.2) is 6.20 Å². The highest BCUT2D eigenvalue weighted by atomic mass is 16.4. The van der Waals surface area contributed by atoms with Gasteiger partial charge in [-0.1, -0.05) is 0 Å². The smallest absolute Gasteiger partial charge is 0.303 e. The van der Waals surface area contributed by atoms with Crippen LogP contribution in [0.1, 0.15) is 30.7 Å². The molecule has 1 aromatic heterocycles. The SMILES string of the molecule is Cc1ncc(N2CCC(CC(=O)O)CC2)nc1C. The van der Waals surface area contributed by atoms with Gasteiger partial charge in [0, 0.05) is 19.5 Å². The third kappa shape index (κ3) is 2.97. The summed E-state index contributed by atoms with van der Waals surface area (Å²) >= 11 is 0. The Bertz CT molecular complexity index is 440. The lowest BCUT2D eigenvalue weighted by Crippen LogP contribution is -2.35. The number of aryl methyl sites for hydroxylation is 2. The van der Waals surface area contributed by atoms with E-state index in [0.29, 0.717) is 5.92 Å². The molecule has 0 aliphatic carbocycles. The summed E-state index contributed by atoms with van der Waals surface area (Å²) in [6.45, 7) is 5.65. The highest BCUT2D eigenvalue weighted by Crippen LogP contribution is 2.24. The minimum Gasteiger partial charge on any atom is -0.481 e. The van der Waals surface area contributed by atoms with Crippen LogP contribution in [0.3, 0.4) is 0 Å². The Morgan fingerprint density at radius 2 is 2.06 bits per heavy atom. The van der Waals surface area contributed by atoms with Gasteiger partial charge in [0.25, 0.3) is 0 Å². The summed E-state index contributed by atoms with van der Waals surface area (Å²) < 4.78 is 0. The Morgan fingerprint density at radius 3 is 2.61 bits per heavy atom. The van der Waals surface area contributed by atoms with Gasteiger partial charge in [0.15, 0.2) is 0 Å². The second-order valence-corrected chi connectivity index (χ2v) is 4.93. The first-order valence-corrected chi connectivity index (χ1v) is 6.33. The zero-order chi connectivity index (χ0) is 13.1. The number of nitrogens with zero attached hydrogens (tertiary/aromatic N) is 3. The lowest BCUT2D eigenvalue weighted by atomic mass is 9.94. The van der Waals surface area contributed by atoms with E-state index in [-0.39, 0.29) is 6.42 Å². The Hall–Kier alpha value is -1.65. The molecule has 0 saturated carbocycles. The molecule has 0 unspecified atom stereocenters. The maximum Gasteiger partial charge on any atom is 0.303 e. The average molecular weight is 249 g/mol. The van der Waals surface area contributed by atoms with Crippen molar-refractivity contribution in [2.45, 2.75) is 33.1 Å². The van der Waals surface area contributed by atoms with Gasteiger partial charge in [0.2, 0.25) is 0 Å². The first kappa shape index (κ1) is 12.8. The number of hydrogen-bond donors (Lipinski definition) is 1. The van der Waals surface area contributed by atoms with Gasteiger partial charge in [-0.3, -0.25) is 9.78 Å². The number of aromatic nitrogens is 2. The van der Waals surface area contributed by atoms with Crippen molar-refractivity contribution in [2.24, 2.45) is 5.92 Å². The molecule has 1 fully saturated rings. The molecule has 1 aliphatic heterocycles. The van der Waals surface area contributed by atoms with Gasteiger partial charge in [0.05, 0.1) is 17.6 Å². The van der Waals surface area contributed by atoms with Crippen LogP contribution in [0, 0.1) is 19.8 Å². The summed E-state index contributed by atoms with van der Waals surface area (Å²) in [5.41, 5.74) is 1.92. The third-order valence-corrected chi connectivity index (χ3v) is 3.58. The van der Waals surface area contributed by atoms with Crippen molar-refractivity contribution < 1.29 is 9.90 Å².